The van der Waals surface area contributed by atoms with E-state index in [0.717, 1.165) is 44.0 Å². The van der Waals surface area contributed by atoms with Gasteiger partial charge in [-0.15, -0.1) is 0 Å². The third-order valence-electron chi connectivity index (χ3n) is 4.67. The van der Waals surface area contributed by atoms with Crippen LogP contribution in [0, 0.1) is 0 Å². The molecule has 0 atom stereocenters. The molecular weight excluding hydrogens is 362 g/mol. The summed E-state index contributed by atoms with van der Waals surface area (Å²) in [5, 5.41) is 3.63. The van der Waals surface area contributed by atoms with Gasteiger partial charge in [0, 0.05) is 39.3 Å². The molecule has 0 saturated carbocycles. The predicted molar refractivity (Wildman–Crippen MR) is 108 cm³/mol. The van der Waals surface area contributed by atoms with Gasteiger partial charge in [0.25, 0.3) is 0 Å². The van der Waals surface area contributed by atoms with Gasteiger partial charge < -0.3 is 10.1 Å². The Morgan fingerprint density at radius 1 is 0.963 bits per heavy atom. The standard InChI is InChI=1S/C21H26ClN3O2/c22-19-8-4-5-9-20(19)27-15-14-24-10-12-25(13-11-24)17-21(26)23-16-18-6-2-1-3-7-18/h1-9H,10-17H2,(H,23,26). The number of hydrogen-bond donors (Lipinski definition) is 1. The fourth-order valence-electron chi connectivity index (χ4n) is 3.07. The Morgan fingerprint density at radius 3 is 2.37 bits per heavy atom. The van der Waals surface area contributed by atoms with E-state index in [-0.39, 0.29) is 5.91 Å². The van der Waals surface area contributed by atoms with Gasteiger partial charge in [-0.05, 0) is 17.7 Å². The fourth-order valence-corrected chi connectivity index (χ4v) is 3.26. The van der Waals surface area contributed by atoms with Crippen molar-refractivity contribution >= 4 is 17.5 Å². The molecular formula is C21H26ClN3O2. The highest BCUT2D eigenvalue weighted by atomic mass is 35.5. The van der Waals surface area contributed by atoms with Crippen LogP contribution >= 0.6 is 11.6 Å². The minimum Gasteiger partial charge on any atom is -0.491 e. The van der Waals surface area contributed by atoms with Gasteiger partial charge in [-0.1, -0.05) is 54.1 Å². The average Bonchev–Trinajstić information content (AvgIpc) is 2.70. The van der Waals surface area contributed by atoms with Gasteiger partial charge in [0.05, 0.1) is 11.6 Å². The number of carbonyl (C=O) groups excluding carboxylic acids is 1. The van der Waals surface area contributed by atoms with Gasteiger partial charge in [-0.25, -0.2) is 0 Å². The molecule has 0 aliphatic carbocycles. The predicted octanol–water partition coefficient (Wildman–Crippen LogP) is 2.65. The molecule has 144 valence electrons. The molecule has 1 aliphatic heterocycles. The summed E-state index contributed by atoms with van der Waals surface area (Å²) in [5.41, 5.74) is 1.12. The van der Waals surface area contributed by atoms with Gasteiger partial charge in [0.2, 0.25) is 5.91 Å². The van der Waals surface area contributed by atoms with Crippen LogP contribution in [0.1, 0.15) is 5.56 Å². The number of piperazine rings is 1. The van der Waals surface area contributed by atoms with Crippen molar-refractivity contribution in [3.63, 3.8) is 0 Å². The topological polar surface area (TPSA) is 44.8 Å². The molecule has 1 heterocycles. The van der Waals surface area contributed by atoms with Gasteiger partial charge in [-0.3, -0.25) is 14.6 Å². The molecule has 0 unspecified atom stereocenters. The van der Waals surface area contributed by atoms with E-state index in [9.17, 15) is 4.79 Å². The van der Waals surface area contributed by atoms with Crippen molar-refractivity contribution in [1.29, 1.82) is 0 Å². The largest absolute Gasteiger partial charge is 0.491 e. The molecule has 1 aliphatic rings. The van der Waals surface area contributed by atoms with Crippen molar-refractivity contribution in [2.24, 2.45) is 0 Å². The summed E-state index contributed by atoms with van der Waals surface area (Å²) < 4.78 is 5.75. The van der Waals surface area contributed by atoms with E-state index in [1.54, 1.807) is 0 Å². The smallest absolute Gasteiger partial charge is 0.234 e. The van der Waals surface area contributed by atoms with Gasteiger partial charge >= 0.3 is 0 Å². The first-order chi connectivity index (χ1) is 13.2. The Bertz CT molecular complexity index is 718. The highest BCUT2D eigenvalue weighted by molar-refractivity contribution is 6.32. The summed E-state index contributed by atoms with van der Waals surface area (Å²) in [6.45, 7) is 6.18. The van der Waals surface area contributed by atoms with Crippen LogP contribution in [0.4, 0.5) is 0 Å². The van der Waals surface area contributed by atoms with Crippen LogP contribution in [-0.2, 0) is 11.3 Å². The van der Waals surface area contributed by atoms with Crippen LogP contribution in [0.3, 0.4) is 0 Å². The normalized spacial score (nSPS) is 15.4. The zero-order valence-electron chi connectivity index (χ0n) is 15.4. The van der Waals surface area contributed by atoms with E-state index >= 15 is 0 Å². The number of ether oxygens (including phenoxy) is 1. The lowest BCUT2D eigenvalue weighted by atomic mass is 10.2. The van der Waals surface area contributed by atoms with Crippen molar-refractivity contribution in [2.45, 2.75) is 6.54 Å². The van der Waals surface area contributed by atoms with E-state index in [4.69, 9.17) is 16.3 Å². The molecule has 0 radical (unpaired) electrons. The maximum absolute atomic E-state index is 12.1. The number of benzene rings is 2. The number of para-hydroxylation sites is 1. The molecule has 1 amide bonds. The van der Waals surface area contributed by atoms with Crippen molar-refractivity contribution < 1.29 is 9.53 Å². The molecule has 1 fully saturated rings. The zero-order chi connectivity index (χ0) is 18.9. The summed E-state index contributed by atoms with van der Waals surface area (Å²) in [5.74, 6) is 0.808. The summed E-state index contributed by atoms with van der Waals surface area (Å²) >= 11 is 6.09. The van der Waals surface area contributed by atoms with E-state index < -0.39 is 0 Å². The number of nitrogens with zero attached hydrogens (tertiary/aromatic N) is 2. The molecule has 0 bridgehead atoms. The van der Waals surface area contributed by atoms with E-state index in [2.05, 4.69) is 15.1 Å². The lowest BCUT2D eigenvalue weighted by Crippen LogP contribution is -2.50. The lowest BCUT2D eigenvalue weighted by molar-refractivity contribution is -0.122. The Balaban J connectivity index is 1.30. The minimum absolute atomic E-state index is 0.0781. The quantitative estimate of drug-likeness (QED) is 0.756. The van der Waals surface area contributed by atoms with E-state index in [0.29, 0.717) is 24.7 Å². The second-order valence-corrected chi connectivity index (χ2v) is 7.07. The first-order valence-electron chi connectivity index (χ1n) is 9.33. The molecule has 1 N–H and O–H groups in total. The lowest BCUT2D eigenvalue weighted by Gasteiger charge is -2.34. The molecule has 2 aromatic carbocycles. The summed E-state index contributed by atoms with van der Waals surface area (Å²) in [7, 11) is 0. The summed E-state index contributed by atoms with van der Waals surface area (Å²) in [4.78, 5) is 16.7. The second kappa shape index (κ2) is 10.3. The van der Waals surface area contributed by atoms with Crippen LogP contribution < -0.4 is 10.1 Å². The minimum atomic E-state index is 0.0781. The van der Waals surface area contributed by atoms with Crippen molar-refractivity contribution in [1.82, 2.24) is 15.1 Å². The zero-order valence-corrected chi connectivity index (χ0v) is 16.2. The first-order valence-corrected chi connectivity index (χ1v) is 9.71. The molecule has 0 spiro atoms. The molecule has 0 aromatic heterocycles. The molecule has 27 heavy (non-hydrogen) atoms. The number of amides is 1. The van der Waals surface area contributed by atoms with E-state index in [1.165, 1.54) is 0 Å². The molecule has 2 aromatic rings. The fraction of sp³-hybridized carbons (Fsp3) is 0.381. The summed E-state index contributed by atoms with van der Waals surface area (Å²) in [6.07, 6.45) is 0. The van der Waals surface area contributed by atoms with Crippen LogP contribution in [-0.4, -0.2) is 61.6 Å². The highest BCUT2D eigenvalue weighted by Gasteiger charge is 2.18. The van der Waals surface area contributed by atoms with Gasteiger partial charge in [0.1, 0.15) is 12.4 Å². The Morgan fingerprint density at radius 2 is 1.63 bits per heavy atom. The highest BCUT2D eigenvalue weighted by Crippen LogP contribution is 2.22. The summed E-state index contributed by atoms with van der Waals surface area (Å²) in [6, 6.07) is 17.5. The molecule has 6 heteroatoms. The number of nitrogens with one attached hydrogen (secondary N) is 1. The Kier molecular flexibility index (Phi) is 7.51. The van der Waals surface area contributed by atoms with Crippen LogP contribution in [0.2, 0.25) is 5.02 Å². The van der Waals surface area contributed by atoms with Crippen molar-refractivity contribution in [3.05, 3.63) is 65.2 Å². The molecule has 5 nitrogen and oxygen atoms in total. The Labute approximate surface area is 165 Å². The molecule has 1 saturated heterocycles. The van der Waals surface area contributed by atoms with Gasteiger partial charge in [0.15, 0.2) is 0 Å². The SMILES string of the molecule is O=C(CN1CCN(CCOc2ccccc2Cl)CC1)NCc1ccccc1. The Hall–Kier alpha value is -2.08. The number of rotatable bonds is 8. The van der Waals surface area contributed by atoms with Crippen LogP contribution in [0.5, 0.6) is 5.75 Å². The van der Waals surface area contributed by atoms with Crippen molar-refractivity contribution in [3.8, 4) is 5.75 Å². The number of carbonyl (C=O) groups is 1. The maximum Gasteiger partial charge on any atom is 0.234 e. The second-order valence-electron chi connectivity index (χ2n) is 6.66. The van der Waals surface area contributed by atoms with E-state index in [1.807, 2.05) is 54.6 Å². The third-order valence-corrected chi connectivity index (χ3v) is 4.98. The third kappa shape index (κ3) is 6.54. The van der Waals surface area contributed by atoms with Crippen LogP contribution in [0.15, 0.2) is 54.6 Å². The monoisotopic (exact) mass is 387 g/mol. The van der Waals surface area contributed by atoms with Crippen LogP contribution in [0.25, 0.3) is 0 Å². The van der Waals surface area contributed by atoms with Crippen molar-refractivity contribution in [2.75, 3.05) is 45.9 Å². The number of hydrogen-bond acceptors (Lipinski definition) is 4. The maximum atomic E-state index is 12.1. The number of halogens is 1. The molecule has 3 rings (SSSR count). The average molecular weight is 388 g/mol. The van der Waals surface area contributed by atoms with Gasteiger partial charge in [-0.2, -0.15) is 0 Å². The first kappa shape index (κ1) is 19.7.